The predicted molar refractivity (Wildman–Crippen MR) is 129 cm³/mol. The highest BCUT2D eigenvalue weighted by atomic mass is 127. The number of aromatic nitrogens is 2. The maximum atomic E-state index is 4.51. The van der Waals surface area contributed by atoms with Crippen molar-refractivity contribution in [2.75, 3.05) is 34.2 Å². The van der Waals surface area contributed by atoms with E-state index in [1.165, 1.54) is 6.42 Å². The van der Waals surface area contributed by atoms with E-state index in [9.17, 15) is 0 Å². The SMILES string of the molecule is CN=C(NCCCCN(C)C(C)C)N(C)Cc1ncc(-c2ccccc2)[nH]1.I. The van der Waals surface area contributed by atoms with Gasteiger partial charge in [0.05, 0.1) is 18.4 Å². The largest absolute Gasteiger partial charge is 0.356 e. The first-order valence-electron chi connectivity index (χ1n) is 9.72. The third kappa shape index (κ3) is 7.79. The Morgan fingerprint density at radius 3 is 2.54 bits per heavy atom. The van der Waals surface area contributed by atoms with Crippen molar-refractivity contribution >= 4 is 29.9 Å². The second-order valence-corrected chi connectivity index (χ2v) is 7.22. The van der Waals surface area contributed by atoms with Gasteiger partial charge in [-0.1, -0.05) is 30.3 Å². The molecule has 2 N–H and O–H groups in total. The first-order valence-corrected chi connectivity index (χ1v) is 9.72. The topological polar surface area (TPSA) is 59.6 Å². The summed E-state index contributed by atoms with van der Waals surface area (Å²) < 4.78 is 0. The van der Waals surface area contributed by atoms with Gasteiger partial charge in [0.2, 0.25) is 0 Å². The van der Waals surface area contributed by atoms with Crippen LogP contribution in [0.1, 0.15) is 32.5 Å². The molecule has 0 aliphatic carbocycles. The number of guanidine groups is 1. The summed E-state index contributed by atoms with van der Waals surface area (Å²) in [5.41, 5.74) is 2.18. The fourth-order valence-corrected chi connectivity index (χ4v) is 2.84. The highest BCUT2D eigenvalue weighted by Crippen LogP contribution is 2.16. The number of nitrogens with zero attached hydrogens (tertiary/aromatic N) is 4. The van der Waals surface area contributed by atoms with E-state index >= 15 is 0 Å². The number of H-pyrrole nitrogens is 1. The number of nitrogens with one attached hydrogen (secondary N) is 2. The number of unbranched alkanes of at least 4 members (excludes halogenated alkanes) is 1. The van der Waals surface area contributed by atoms with Crippen LogP contribution in [0.15, 0.2) is 41.5 Å². The van der Waals surface area contributed by atoms with Gasteiger partial charge in [-0.3, -0.25) is 4.99 Å². The summed E-state index contributed by atoms with van der Waals surface area (Å²) in [7, 11) is 6.04. The Bertz CT molecular complexity index is 698. The minimum Gasteiger partial charge on any atom is -0.356 e. The smallest absolute Gasteiger partial charge is 0.193 e. The predicted octanol–water partition coefficient (Wildman–Crippen LogP) is 3.82. The summed E-state index contributed by atoms with van der Waals surface area (Å²) in [6.07, 6.45) is 4.20. The van der Waals surface area contributed by atoms with E-state index in [0.717, 1.165) is 42.6 Å². The Morgan fingerprint density at radius 2 is 1.89 bits per heavy atom. The Labute approximate surface area is 186 Å². The van der Waals surface area contributed by atoms with Crippen LogP contribution in [0.2, 0.25) is 0 Å². The summed E-state index contributed by atoms with van der Waals surface area (Å²) in [4.78, 5) is 16.8. The van der Waals surface area contributed by atoms with Crippen molar-refractivity contribution in [1.29, 1.82) is 0 Å². The Hall–Kier alpha value is -1.61. The molecule has 0 aliphatic rings. The van der Waals surface area contributed by atoms with E-state index in [-0.39, 0.29) is 24.0 Å². The van der Waals surface area contributed by atoms with Gasteiger partial charge in [-0.05, 0) is 45.8 Å². The van der Waals surface area contributed by atoms with Gasteiger partial charge in [0.25, 0.3) is 0 Å². The van der Waals surface area contributed by atoms with Gasteiger partial charge in [-0.15, -0.1) is 24.0 Å². The Balaban J connectivity index is 0.00000392. The van der Waals surface area contributed by atoms with Crippen LogP contribution in [0.3, 0.4) is 0 Å². The van der Waals surface area contributed by atoms with Crippen molar-refractivity contribution in [2.24, 2.45) is 4.99 Å². The summed E-state index contributed by atoms with van der Waals surface area (Å²) >= 11 is 0. The summed E-state index contributed by atoms with van der Waals surface area (Å²) in [5.74, 6) is 1.82. The fraction of sp³-hybridized carbons (Fsp3) is 0.524. The quantitative estimate of drug-likeness (QED) is 0.239. The lowest BCUT2D eigenvalue weighted by Crippen LogP contribution is -2.39. The Kier molecular flexibility index (Phi) is 11.1. The summed E-state index contributed by atoms with van der Waals surface area (Å²) in [6, 6.07) is 10.9. The molecule has 7 heteroatoms. The number of halogens is 1. The van der Waals surface area contributed by atoms with E-state index in [4.69, 9.17) is 0 Å². The number of aromatic amines is 1. The molecule has 0 bridgehead atoms. The minimum absolute atomic E-state index is 0. The van der Waals surface area contributed by atoms with Crippen LogP contribution in [-0.4, -0.2) is 66.0 Å². The fourth-order valence-electron chi connectivity index (χ4n) is 2.84. The van der Waals surface area contributed by atoms with Crippen molar-refractivity contribution in [2.45, 2.75) is 39.3 Å². The molecule has 0 atom stereocenters. The van der Waals surface area contributed by atoms with Gasteiger partial charge < -0.3 is 20.1 Å². The zero-order chi connectivity index (χ0) is 19.6. The van der Waals surface area contributed by atoms with Crippen LogP contribution in [0.25, 0.3) is 11.3 Å². The number of aliphatic imine (C=N–C) groups is 1. The molecule has 2 rings (SSSR count). The van der Waals surface area contributed by atoms with Crippen LogP contribution in [0.4, 0.5) is 0 Å². The normalized spacial score (nSPS) is 11.6. The maximum Gasteiger partial charge on any atom is 0.193 e. The van der Waals surface area contributed by atoms with E-state index in [1.807, 2.05) is 38.5 Å². The molecule has 1 aromatic heterocycles. The van der Waals surface area contributed by atoms with Crippen molar-refractivity contribution < 1.29 is 0 Å². The third-order valence-corrected chi connectivity index (χ3v) is 4.78. The zero-order valence-electron chi connectivity index (χ0n) is 17.8. The third-order valence-electron chi connectivity index (χ3n) is 4.78. The summed E-state index contributed by atoms with van der Waals surface area (Å²) in [5, 5.41) is 3.45. The Morgan fingerprint density at radius 1 is 1.18 bits per heavy atom. The molecule has 2 aromatic rings. The second-order valence-electron chi connectivity index (χ2n) is 7.22. The molecule has 1 aromatic carbocycles. The first-order chi connectivity index (χ1) is 13.0. The number of benzene rings is 1. The number of hydrogen-bond acceptors (Lipinski definition) is 3. The molecular formula is C21H35IN6. The van der Waals surface area contributed by atoms with Crippen LogP contribution in [0.5, 0.6) is 0 Å². The molecule has 156 valence electrons. The molecule has 0 saturated carbocycles. The van der Waals surface area contributed by atoms with Gasteiger partial charge >= 0.3 is 0 Å². The van der Waals surface area contributed by atoms with Gasteiger partial charge in [0.15, 0.2) is 5.96 Å². The molecule has 0 fully saturated rings. The van der Waals surface area contributed by atoms with E-state index in [1.54, 1.807) is 0 Å². The van der Waals surface area contributed by atoms with Gasteiger partial charge in [0, 0.05) is 26.7 Å². The molecule has 0 unspecified atom stereocenters. The molecule has 6 nitrogen and oxygen atoms in total. The van der Waals surface area contributed by atoms with Crippen molar-refractivity contribution in [3.8, 4) is 11.3 Å². The van der Waals surface area contributed by atoms with Gasteiger partial charge in [-0.25, -0.2) is 4.98 Å². The lowest BCUT2D eigenvalue weighted by atomic mass is 10.2. The van der Waals surface area contributed by atoms with Crippen LogP contribution < -0.4 is 5.32 Å². The minimum atomic E-state index is 0. The maximum absolute atomic E-state index is 4.51. The molecule has 0 spiro atoms. The van der Waals surface area contributed by atoms with Crippen LogP contribution in [0, 0.1) is 0 Å². The average Bonchev–Trinajstić information content (AvgIpc) is 3.13. The number of imidazole rings is 1. The van der Waals surface area contributed by atoms with Crippen LogP contribution >= 0.6 is 24.0 Å². The lowest BCUT2D eigenvalue weighted by molar-refractivity contribution is 0.268. The monoisotopic (exact) mass is 498 g/mol. The molecular weight excluding hydrogens is 463 g/mol. The lowest BCUT2D eigenvalue weighted by Gasteiger charge is -2.22. The standard InChI is InChI=1S/C21H34N6.HI/c1-17(2)26(4)14-10-9-13-23-21(22-3)27(5)16-20-24-15-19(25-20)18-11-7-6-8-12-18;/h6-8,11-12,15,17H,9-10,13-14,16H2,1-5H3,(H,22,23)(H,24,25);1H. The molecule has 0 amide bonds. The average molecular weight is 498 g/mol. The van der Waals surface area contributed by atoms with E-state index < -0.39 is 0 Å². The van der Waals surface area contributed by atoms with Crippen LogP contribution in [-0.2, 0) is 6.54 Å². The van der Waals surface area contributed by atoms with Gasteiger partial charge in [-0.2, -0.15) is 0 Å². The molecule has 0 saturated heterocycles. The molecule has 0 aliphatic heterocycles. The molecule has 1 heterocycles. The number of rotatable bonds is 9. The molecule has 0 radical (unpaired) electrons. The zero-order valence-corrected chi connectivity index (χ0v) is 20.1. The number of hydrogen-bond donors (Lipinski definition) is 2. The second kappa shape index (κ2) is 12.8. The first kappa shape index (κ1) is 24.4. The van der Waals surface area contributed by atoms with E-state index in [2.05, 4.69) is 63.1 Å². The molecule has 28 heavy (non-hydrogen) atoms. The highest BCUT2D eigenvalue weighted by molar-refractivity contribution is 14.0. The van der Waals surface area contributed by atoms with Crippen molar-refractivity contribution in [3.05, 3.63) is 42.4 Å². The van der Waals surface area contributed by atoms with Crippen molar-refractivity contribution in [1.82, 2.24) is 25.1 Å². The van der Waals surface area contributed by atoms with Crippen molar-refractivity contribution in [3.63, 3.8) is 0 Å². The summed E-state index contributed by atoms with van der Waals surface area (Å²) in [6.45, 7) is 7.20. The van der Waals surface area contributed by atoms with E-state index in [0.29, 0.717) is 12.6 Å². The van der Waals surface area contributed by atoms with Gasteiger partial charge in [0.1, 0.15) is 5.82 Å². The highest BCUT2D eigenvalue weighted by Gasteiger charge is 2.10.